The summed E-state index contributed by atoms with van der Waals surface area (Å²) in [6.07, 6.45) is 2.47. The van der Waals surface area contributed by atoms with Gasteiger partial charge in [-0.25, -0.2) is 8.42 Å². The minimum atomic E-state index is -4.01. The zero-order valence-corrected chi connectivity index (χ0v) is 17.8. The summed E-state index contributed by atoms with van der Waals surface area (Å²) in [5.74, 6) is 0. The number of piperidine rings is 1. The van der Waals surface area contributed by atoms with Crippen LogP contribution in [0.4, 0.5) is 11.4 Å². The van der Waals surface area contributed by atoms with Gasteiger partial charge in [0.05, 0.1) is 28.2 Å². The number of nitro benzene ring substituents is 1. The van der Waals surface area contributed by atoms with Crippen molar-refractivity contribution < 1.29 is 18.4 Å². The number of anilines is 1. The fraction of sp³-hybridized carbons (Fsp3) is 0.429. The standard InChI is InChI=1S/C21H27N3O5S/c1-17-5-7-18(8-6-17)23(16-20(25)15-22-13-3-2-4-14-22)30(28,29)21-11-9-19(10-12-21)24(26)27/h5-12,20,25H,2-4,13-16H2,1H3/t20-/m1/s1. The van der Waals surface area contributed by atoms with Gasteiger partial charge in [-0.05, 0) is 57.1 Å². The van der Waals surface area contributed by atoms with E-state index in [1.165, 1.54) is 35.0 Å². The summed E-state index contributed by atoms with van der Waals surface area (Å²) < 4.78 is 27.9. The molecule has 30 heavy (non-hydrogen) atoms. The first-order valence-electron chi connectivity index (χ1n) is 10.0. The fourth-order valence-corrected chi connectivity index (χ4v) is 5.11. The maximum atomic E-state index is 13.4. The van der Waals surface area contributed by atoms with Gasteiger partial charge in [-0.15, -0.1) is 0 Å². The summed E-state index contributed by atoms with van der Waals surface area (Å²) in [6.45, 7) is 4.01. The van der Waals surface area contributed by atoms with Crippen LogP contribution in [-0.4, -0.2) is 55.6 Å². The van der Waals surface area contributed by atoms with E-state index in [1.54, 1.807) is 12.1 Å². The Morgan fingerprint density at radius 2 is 1.67 bits per heavy atom. The minimum absolute atomic E-state index is 0.0566. The number of β-amino-alcohol motifs (C(OH)–C–C–N with tert-alkyl or cyclic N) is 1. The molecule has 0 aromatic heterocycles. The molecule has 1 N–H and O–H groups in total. The number of aliphatic hydroxyl groups excluding tert-OH is 1. The van der Waals surface area contributed by atoms with Gasteiger partial charge >= 0.3 is 0 Å². The number of aliphatic hydroxyl groups is 1. The van der Waals surface area contributed by atoms with Crippen molar-refractivity contribution in [2.24, 2.45) is 0 Å². The van der Waals surface area contributed by atoms with Crippen LogP contribution in [0.15, 0.2) is 53.4 Å². The third-order valence-corrected chi connectivity index (χ3v) is 7.06. The van der Waals surface area contributed by atoms with Crippen molar-refractivity contribution >= 4 is 21.4 Å². The van der Waals surface area contributed by atoms with E-state index in [1.807, 2.05) is 19.1 Å². The molecule has 0 aliphatic carbocycles. The van der Waals surface area contributed by atoms with Gasteiger partial charge < -0.3 is 10.0 Å². The topological polar surface area (TPSA) is 104 Å². The minimum Gasteiger partial charge on any atom is -0.390 e. The molecular formula is C21H27N3O5S. The Morgan fingerprint density at radius 1 is 1.07 bits per heavy atom. The van der Waals surface area contributed by atoms with E-state index < -0.39 is 21.1 Å². The molecule has 0 radical (unpaired) electrons. The number of aryl methyl sites for hydroxylation is 1. The average molecular weight is 434 g/mol. The Balaban J connectivity index is 1.87. The zero-order chi connectivity index (χ0) is 21.7. The van der Waals surface area contributed by atoms with Gasteiger partial charge in [-0.3, -0.25) is 14.4 Å². The van der Waals surface area contributed by atoms with Crippen molar-refractivity contribution in [3.8, 4) is 0 Å². The molecule has 1 atom stereocenters. The summed E-state index contributed by atoms with van der Waals surface area (Å²) in [4.78, 5) is 12.4. The number of nitro groups is 1. The number of nitrogens with zero attached hydrogens (tertiary/aromatic N) is 3. The lowest BCUT2D eigenvalue weighted by Crippen LogP contribution is -2.44. The Kier molecular flexibility index (Phi) is 7.06. The molecule has 0 unspecified atom stereocenters. The molecule has 1 aliphatic rings. The number of hydrogen-bond acceptors (Lipinski definition) is 6. The number of non-ortho nitro benzene ring substituents is 1. The predicted molar refractivity (Wildman–Crippen MR) is 115 cm³/mol. The molecular weight excluding hydrogens is 406 g/mol. The Hall–Kier alpha value is -2.49. The lowest BCUT2D eigenvalue weighted by Gasteiger charge is -2.31. The van der Waals surface area contributed by atoms with Gasteiger partial charge in [-0.2, -0.15) is 0 Å². The van der Waals surface area contributed by atoms with Crippen LogP contribution in [0.2, 0.25) is 0 Å². The maximum Gasteiger partial charge on any atom is 0.269 e. The molecule has 0 bridgehead atoms. The third kappa shape index (κ3) is 5.35. The van der Waals surface area contributed by atoms with Crippen LogP contribution in [0.3, 0.4) is 0 Å². The summed E-state index contributed by atoms with van der Waals surface area (Å²) in [5, 5.41) is 21.6. The number of likely N-dealkylation sites (tertiary alicyclic amines) is 1. The van der Waals surface area contributed by atoms with Crippen LogP contribution in [0.25, 0.3) is 0 Å². The molecule has 1 heterocycles. The molecule has 162 valence electrons. The molecule has 1 saturated heterocycles. The smallest absolute Gasteiger partial charge is 0.269 e. The van der Waals surface area contributed by atoms with E-state index in [9.17, 15) is 23.6 Å². The number of rotatable bonds is 8. The maximum absolute atomic E-state index is 13.4. The quantitative estimate of drug-likeness (QED) is 0.507. The van der Waals surface area contributed by atoms with Crippen LogP contribution in [0, 0.1) is 17.0 Å². The summed E-state index contributed by atoms with van der Waals surface area (Å²) in [7, 11) is -4.01. The van der Waals surface area contributed by atoms with E-state index in [0.29, 0.717) is 12.2 Å². The number of sulfonamides is 1. The summed E-state index contributed by atoms with van der Waals surface area (Å²) in [5.41, 5.74) is 1.25. The highest BCUT2D eigenvalue weighted by molar-refractivity contribution is 7.92. The first-order valence-corrected chi connectivity index (χ1v) is 11.5. The van der Waals surface area contributed by atoms with Crippen molar-refractivity contribution in [3.05, 3.63) is 64.2 Å². The summed E-state index contributed by atoms with van der Waals surface area (Å²) >= 11 is 0. The van der Waals surface area contributed by atoms with Gasteiger partial charge in [0.15, 0.2) is 0 Å². The SMILES string of the molecule is Cc1ccc(N(C[C@H](O)CN2CCCCC2)S(=O)(=O)c2ccc([N+](=O)[O-])cc2)cc1. The Morgan fingerprint density at radius 3 is 2.23 bits per heavy atom. The molecule has 9 heteroatoms. The van der Waals surface area contributed by atoms with Gasteiger partial charge in [0.1, 0.15) is 0 Å². The molecule has 0 amide bonds. The fourth-order valence-electron chi connectivity index (χ4n) is 3.61. The lowest BCUT2D eigenvalue weighted by atomic mass is 10.1. The molecule has 2 aromatic rings. The zero-order valence-electron chi connectivity index (χ0n) is 17.0. The molecule has 1 aliphatic heterocycles. The second-order valence-electron chi connectivity index (χ2n) is 7.64. The summed E-state index contributed by atoms with van der Waals surface area (Å²) in [6, 6.07) is 11.8. The van der Waals surface area contributed by atoms with Crippen molar-refractivity contribution in [2.75, 3.05) is 30.5 Å². The van der Waals surface area contributed by atoms with Gasteiger partial charge in [-0.1, -0.05) is 24.1 Å². The van der Waals surface area contributed by atoms with E-state index in [-0.39, 0.29) is 17.1 Å². The van der Waals surface area contributed by atoms with E-state index >= 15 is 0 Å². The van der Waals surface area contributed by atoms with E-state index in [0.717, 1.165) is 31.5 Å². The monoisotopic (exact) mass is 433 g/mol. The average Bonchev–Trinajstić information content (AvgIpc) is 2.73. The van der Waals surface area contributed by atoms with Crippen molar-refractivity contribution in [1.29, 1.82) is 0 Å². The molecule has 0 saturated carbocycles. The molecule has 2 aromatic carbocycles. The van der Waals surface area contributed by atoms with Gasteiger partial charge in [0.2, 0.25) is 0 Å². The van der Waals surface area contributed by atoms with Crippen LogP contribution in [0.5, 0.6) is 0 Å². The second kappa shape index (κ2) is 9.55. The van der Waals surface area contributed by atoms with Crippen LogP contribution < -0.4 is 4.31 Å². The van der Waals surface area contributed by atoms with Gasteiger partial charge in [0.25, 0.3) is 15.7 Å². The highest BCUT2D eigenvalue weighted by atomic mass is 32.2. The Bertz CT molecular complexity index is 955. The Labute approximate surface area is 176 Å². The highest BCUT2D eigenvalue weighted by Gasteiger charge is 2.28. The third-order valence-electron chi connectivity index (χ3n) is 5.25. The highest BCUT2D eigenvalue weighted by Crippen LogP contribution is 2.26. The number of benzene rings is 2. The lowest BCUT2D eigenvalue weighted by molar-refractivity contribution is -0.384. The normalized spacial score (nSPS) is 16.2. The van der Waals surface area contributed by atoms with Crippen LogP contribution >= 0.6 is 0 Å². The van der Waals surface area contributed by atoms with Crippen molar-refractivity contribution in [3.63, 3.8) is 0 Å². The van der Waals surface area contributed by atoms with Crippen LogP contribution in [0.1, 0.15) is 24.8 Å². The molecule has 0 spiro atoms. The van der Waals surface area contributed by atoms with Crippen molar-refractivity contribution in [2.45, 2.75) is 37.2 Å². The molecule has 1 fully saturated rings. The van der Waals surface area contributed by atoms with E-state index in [4.69, 9.17) is 0 Å². The molecule has 3 rings (SSSR count). The number of hydrogen-bond donors (Lipinski definition) is 1. The second-order valence-corrected chi connectivity index (χ2v) is 9.50. The largest absolute Gasteiger partial charge is 0.390 e. The molecule has 8 nitrogen and oxygen atoms in total. The van der Waals surface area contributed by atoms with Crippen molar-refractivity contribution in [1.82, 2.24) is 4.90 Å². The first-order chi connectivity index (χ1) is 14.3. The van der Waals surface area contributed by atoms with Gasteiger partial charge in [0, 0.05) is 18.7 Å². The predicted octanol–water partition coefficient (Wildman–Crippen LogP) is 2.95. The van der Waals surface area contributed by atoms with E-state index in [2.05, 4.69) is 4.90 Å². The first kappa shape index (κ1) is 22.2. The van der Waals surface area contributed by atoms with Crippen LogP contribution in [-0.2, 0) is 10.0 Å².